The van der Waals surface area contributed by atoms with Gasteiger partial charge in [-0.3, -0.25) is 14.5 Å². The highest BCUT2D eigenvalue weighted by atomic mass is 16.6. The Kier molecular flexibility index (Phi) is 10.9. The Hall–Kier alpha value is -4.47. The van der Waals surface area contributed by atoms with Crippen molar-refractivity contribution in [2.45, 2.75) is 62.9 Å². The summed E-state index contributed by atoms with van der Waals surface area (Å²) in [6.07, 6.45) is 9.17. The lowest BCUT2D eigenvalue weighted by atomic mass is 9.87. The van der Waals surface area contributed by atoms with Gasteiger partial charge in [-0.1, -0.05) is 110 Å². The molecule has 3 aromatic rings. The van der Waals surface area contributed by atoms with Crippen LogP contribution >= 0.6 is 0 Å². The number of hydrogen-bond donors (Lipinski definition) is 0. The Bertz CT molecular complexity index is 1610. The number of rotatable bonds is 12. The van der Waals surface area contributed by atoms with E-state index in [9.17, 15) is 14.4 Å². The van der Waals surface area contributed by atoms with E-state index in [4.69, 9.17) is 9.47 Å². The van der Waals surface area contributed by atoms with Crippen molar-refractivity contribution < 1.29 is 23.9 Å². The molecule has 0 aromatic heterocycles. The number of cyclic esters (lactones) is 1. The molecule has 4 fully saturated rings. The maximum absolute atomic E-state index is 14.5. The molecule has 0 bridgehead atoms. The molecule has 3 amide bonds. The number of nitrogens with zero attached hydrogens (tertiary/aromatic N) is 4. The molecule has 0 saturated carbocycles. The van der Waals surface area contributed by atoms with E-state index in [0.29, 0.717) is 25.6 Å². The minimum atomic E-state index is -0.833. The van der Waals surface area contributed by atoms with Crippen LogP contribution in [0.15, 0.2) is 97.1 Å². The summed E-state index contributed by atoms with van der Waals surface area (Å²) < 4.78 is 11.8. The van der Waals surface area contributed by atoms with Crippen molar-refractivity contribution in [3.8, 4) is 0 Å². The maximum Gasteiger partial charge on any atom is 0.411 e. The highest BCUT2D eigenvalue weighted by molar-refractivity contribution is 5.98. The molecule has 0 spiro atoms. The summed E-state index contributed by atoms with van der Waals surface area (Å²) in [6.45, 7) is 5.32. The predicted octanol–water partition coefficient (Wildman–Crippen LogP) is 5.78. The maximum atomic E-state index is 14.5. The first-order valence-corrected chi connectivity index (χ1v) is 18.2. The van der Waals surface area contributed by atoms with Crippen molar-refractivity contribution in [3.63, 3.8) is 0 Å². The first kappa shape index (κ1) is 34.0. The average molecular weight is 677 g/mol. The third kappa shape index (κ3) is 7.64. The Labute approximate surface area is 295 Å². The minimum absolute atomic E-state index is 0.0577. The van der Waals surface area contributed by atoms with Gasteiger partial charge in [0.1, 0.15) is 18.7 Å². The van der Waals surface area contributed by atoms with Crippen LogP contribution in [0.3, 0.4) is 0 Å². The molecule has 4 heterocycles. The van der Waals surface area contributed by atoms with Gasteiger partial charge in [0.2, 0.25) is 11.8 Å². The molecule has 0 unspecified atom stereocenters. The molecule has 0 radical (unpaired) electrons. The van der Waals surface area contributed by atoms with Gasteiger partial charge in [0.15, 0.2) is 0 Å². The number of β-lactam (4-membered cyclic amide) rings is 1. The SMILES string of the molecule is O=C([C@@H](COCc1ccccc1)N1C(=O)[C@@H](N2C(=O)OC[C@@H]2c2ccccc2)[C@H]1/C=C/c1ccccc1)N1CCC(CN2CCCCC2)CC1. The topological polar surface area (TPSA) is 82.6 Å². The molecule has 9 nitrogen and oxygen atoms in total. The predicted molar refractivity (Wildman–Crippen MR) is 192 cm³/mol. The van der Waals surface area contributed by atoms with Crippen LogP contribution in [-0.2, 0) is 25.7 Å². The van der Waals surface area contributed by atoms with E-state index in [1.807, 2.05) is 108 Å². The van der Waals surface area contributed by atoms with Crippen LogP contribution < -0.4 is 0 Å². The second kappa shape index (κ2) is 16.0. The summed E-state index contributed by atoms with van der Waals surface area (Å²) in [4.78, 5) is 50.0. The monoisotopic (exact) mass is 676 g/mol. The van der Waals surface area contributed by atoms with E-state index in [-0.39, 0.29) is 25.0 Å². The molecule has 3 aromatic carbocycles. The van der Waals surface area contributed by atoms with Gasteiger partial charge in [-0.2, -0.15) is 0 Å². The zero-order valence-electron chi connectivity index (χ0n) is 28.7. The zero-order valence-corrected chi connectivity index (χ0v) is 28.7. The fourth-order valence-corrected chi connectivity index (χ4v) is 7.99. The molecule has 50 heavy (non-hydrogen) atoms. The van der Waals surface area contributed by atoms with Crippen molar-refractivity contribution in [2.75, 3.05) is 45.9 Å². The molecule has 262 valence electrons. The van der Waals surface area contributed by atoms with Gasteiger partial charge in [-0.05, 0) is 61.4 Å². The molecule has 4 saturated heterocycles. The van der Waals surface area contributed by atoms with E-state index in [1.165, 1.54) is 32.4 Å². The van der Waals surface area contributed by atoms with Gasteiger partial charge in [-0.15, -0.1) is 0 Å². The summed E-state index contributed by atoms with van der Waals surface area (Å²) in [5.41, 5.74) is 2.87. The molecule has 0 N–H and O–H groups in total. The van der Waals surface area contributed by atoms with Crippen molar-refractivity contribution in [1.82, 2.24) is 19.6 Å². The minimum Gasteiger partial charge on any atom is -0.447 e. The van der Waals surface area contributed by atoms with Gasteiger partial charge in [0, 0.05) is 19.6 Å². The Morgan fingerprint density at radius 3 is 2.20 bits per heavy atom. The van der Waals surface area contributed by atoms with Crippen molar-refractivity contribution in [1.29, 1.82) is 0 Å². The summed E-state index contributed by atoms with van der Waals surface area (Å²) in [6, 6.07) is 26.8. The second-order valence-corrected chi connectivity index (χ2v) is 14.0. The summed E-state index contributed by atoms with van der Waals surface area (Å²) in [5.74, 6) is 0.203. The van der Waals surface area contributed by atoms with E-state index >= 15 is 0 Å². The molecular formula is C41H48N4O5. The quantitative estimate of drug-likeness (QED) is 0.226. The Balaban J connectivity index is 1.14. The van der Waals surface area contributed by atoms with E-state index in [1.54, 1.807) is 9.80 Å². The summed E-state index contributed by atoms with van der Waals surface area (Å²) >= 11 is 0. The summed E-state index contributed by atoms with van der Waals surface area (Å²) in [5, 5.41) is 0. The molecule has 9 heteroatoms. The number of carbonyl (C=O) groups is 3. The smallest absolute Gasteiger partial charge is 0.411 e. The molecule has 4 aliphatic heterocycles. The lowest BCUT2D eigenvalue weighted by Crippen LogP contribution is -2.75. The van der Waals surface area contributed by atoms with Crippen LogP contribution in [0, 0.1) is 5.92 Å². The number of hydrogen-bond acceptors (Lipinski definition) is 6. The number of ether oxygens (including phenoxy) is 2. The Morgan fingerprint density at radius 1 is 0.840 bits per heavy atom. The first-order valence-electron chi connectivity index (χ1n) is 18.2. The van der Waals surface area contributed by atoms with Crippen LogP contribution in [0.2, 0.25) is 0 Å². The van der Waals surface area contributed by atoms with Crippen molar-refractivity contribution in [2.24, 2.45) is 5.92 Å². The van der Waals surface area contributed by atoms with Crippen LogP contribution in [0.5, 0.6) is 0 Å². The largest absolute Gasteiger partial charge is 0.447 e. The van der Waals surface area contributed by atoms with Gasteiger partial charge in [0.25, 0.3) is 0 Å². The fraction of sp³-hybridized carbons (Fsp3) is 0.439. The van der Waals surface area contributed by atoms with E-state index in [2.05, 4.69) is 4.90 Å². The Morgan fingerprint density at radius 2 is 1.50 bits per heavy atom. The van der Waals surface area contributed by atoms with Gasteiger partial charge < -0.3 is 24.2 Å². The molecule has 4 atom stereocenters. The normalized spacial score (nSPS) is 24.0. The highest BCUT2D eigenvalue weighted by Gasteiger charge is 2.58. The van der Waals surface area contributed by atoms with Crippen LogP contribution in [0.25, 0.3) is 6.08 Å². The third-order valence-electron chi connectivity index (χ3n) is 10.7. The molecule has 0 aliphatic carbocycles. The lowest BCUT2D eigenvalue weighted by molar-refractivity contribution is -0.169. The molecule has 7 rings (SSSR count). The number of likely N-dealkylation sites (tertiary alicyclic amines) is 3. The van der Waals surface area contributed by atoms with E-state index in [0.717, 1.165) is 36.1 Å². The van der Waals surface area contributed by atoms with Crippen molar-refractivity contribution >= 4 is 24.0 Å². The number of carbonyl (C=O) groups excluding carboxylic acids is 3. The molecular weight excluding hydrogens is 628 g/mol. The number of amides is 3. The average Bonchev–Trinajstić information content (AvgIpc) is 3.54. The lowest BCUT2D eigenvalue weighted by Gasteiger charge is -2.53. The van der Waals surface area contributed by atoms with Gasteiger partial charge in [0.05, 0.1) is 25.3 Å². The second-order valence-electron chi connectivity index (χ2n) is 14.0. The fourth-order valence-electron chi connectivity index (χ4n) is 7.99. The van der Waals surface area contributed by atoms with Crippen LogP contribution in [-0.4, -0.2) is 102 Å². The summed E-state index contributed by atoms with van der Waals surface area (Å²) in [7, 11) is 0. The zero-order chi connectivity index (χ0) is 34.3. The first-order chi connectivity index (χ1) is 24.6. The molecule has 4 aliphatic rings. The van der Waals surface area contributed by atoms with Crippen LogP contribution in [0.4, 0.5) is 4.79 Å². The van der Waals surface area contributed by atoms with Gasteiger partial charge >= 0.3 is 6.09 Å². The number of piperidine rings is 2. The van der Waals surface area contributed by atoms with Crippen molar-refractivity contribution in [3.05, 3.63) is 114 Å². The van der Waals surface area contributed by atoms with E-state index < -0.39 is 30.3 Å². The standard InChI is InChI=1S/C41H48N4O5/c46-39(43-25-21-32(22-26-43)27-42-23-11-4-12-24-42)37(29-49-28-33-15-7-2-8-16-33)44-35(20-19-31-13-5-1-6-14-31)38(40(44)47)45-36(30-50-41(45)48)34-17-9-3-10-18-34/h1-3,5-10,13-20,32,35-38H,4,11-12,21-30H2/b20-19+/t35-,36-,37-,38+/m1/s1. The highest BCUT2D eigenvalue weighted by Crippen LogP contribution is 2.39. The third-order valence-corrected chi connectivity index (χ3v) is 10.7. The van der Waals surface area contributed by atoms with Crippen LogP contribution in [0.1, 0.15) is 54.8 Å². The van der Waals surface area contributed by atoms with Gasteiger partial charge in [-0.25, -0.2) is 4.79 Å². The number of benzene rings is 3.